The molecule has 8 heteroatoms. The predicted molar refractivity (Wildman–Crippen MR) is 103 cm³/mol. The largest absolute Gasteiger partial charge is 0.485 e. The van der Waals surface area contributed by atoms with Crippen LogP contribution in [0.2, 0.25) is 10.0 Å². The number of carbonyl (C=O) groups excluding carboxylic acids is 2. The van der Waals surface area contributed by atoms with Crippen LogP contribution in [0.25, 0.3) is 0 Å². The maximum atomic E-state index is 12.1. The monoisotopic (exact) mass is 395 g/mol. The Morgan fingerprint density at radius 3 is 2.42 bits per heavy atom. The Bertz CT molecular complexity index is 787. The molecule has 1 amide bonds. The maximum Gasteiger partial charge on any atom is 0.251 e. The van der Waals surface area contributed by atoms with Gasteiger partial charge in [0.05, 0.1) is 23.3 Å². The van der Waals surface area contributed by atoms with Crippen LogP contribution in [0.5, 0.6) is 5.75 Å². The Morgan fingerprint density at radius 1 is 1.19 bits per heavy atom. The zero-order valence-electron chi connectivity index (χ0n) is 14.1. The number of nitrogens with two attached hydrogens (primary N) is 2. The van der Waals surface area contributed by atoms with Crippen molar-refractivity contribution in [3.8, 4) is 5.75 Å². The lowest BCUT2D eigenvalue weighted by atomic mass is 10.1. The molecule has 1 atom stereocenters. The summed E-state index contributed by atoms with van der Waals surface area (Å²) in [5.41, 5.74) is 12.7. The average Bonchev–Trinajstić information content (AvgIpc) is 2.60. The van der Waals surface area contributed by atoms with Gasteiger partial charge in [0.1, 0.15) is 6.61 Å². The maximum absolute atomic E-state index is 12.1. The second-order valence-corrected chi connectivity index (χ2v) is 6.50. The van der Waals surface area contributed by atoms with Gasteiger partial charge >= 0.3 is 0 Å². The van der Waals surface area contributed by atoms with Gasteiger partial charge in [0.2, 0.25) is 0 Å². The fraction of sp³-hybridized carbons (Fsp3) is 0.222. The molecule has 0 aliphatic carbocycles. The molecule has 2 rings (SSSR count). The number of nitrogens with one attached hydrogen (secondary N) is 1. The fourth-order valence-corrected chi connectivity index (χ4v) is 2.74. The number of nitrogen functional groups attached to an aromatic ring is 1. The molecule has 0 unspecified atom stereocenters. The van der Waals surface area contributed by atoms with Gasteiger partial charge in [-0.2, -0.15) is 0 Å². The molecule has 0 saturated heterocycles. The Labute approximate surface area is 161 Å². The van der Waals surface area contributed by atoms with Gasteiger partial charge in [-0.25, -0.2) is 0 Å². The number of amides is 1. The zero-order valence-corrected chi connectivity index (χ0v) is 15.6. The Kier molecular flexibility index (Phi) is 6.85. The van der Waals surface area contributed by atoms with E-state index in [1.165, 1.54) is 0 Å². The summed E-state index contributed by atoms with van der Waals surface area (Å²) in [4.78, 5) is 23.5. The van der Waals surface area contributed by atoms with Crippen molar-refractivity contribution in [1.29, 1.82) is 0 Å². The number of benzene rings is 2. The average molecular weight is 396 g/mol. The topological polar surface area (TPSA) is 107 Å². The number of Topliss-reactive ketones (excluding diaryl/α,β-unsaturated/α-hetero) is 1. The van der Waals surface area contributed by atoms with Crippen molar-refractivity contribution in [2.24, 2.45) is 5.73 Å². The van der Waals surface area contributed by atoms with E-state index in [0.717, 1.165) is 5.56 Å². The van der Waals surface area contributed by atoms with Crippen LogP contribution in [0.4, 0.5) is 5.69 Å². The zero-order chi connectivity index (χ0) is 19.3. The third-order valence-electron chi connectivity index (χ3n) is 3.67. The number of hydrogen-bond donors (Lipinski definition) is 3. The van der Waals surface area contributed by atoms with E-state index in [4.69, 9.17) is 39.4 Å². The van der Waals surface area contributed by atoms with Crippen molar-refractivity contribution in [1.82, 2.24) is 5.32 Å². The first-order valence-electron chi connectivity index (χ1n) is 7.81. The lowest BCUT2D eigenvalue weighted by molar-refractivity contribution is -0.119. The van der Waals surface area contributed by atoms with Crippen molar-refractivity contribution in [2.75, 3.05) is 12.3 Å². The van der Waals surface area contributed by atoms with Crippen molar-refractivity contribution >= 4 is 40.6 Å². The summed E-state index contributed by atoms with van der Waals surface area (Å²) in [6, 6.07) is 9.23. The van der Waals surface area contributed by atoms with Crippen LogP contribution in [0.15, 0.2) is 36.4 Å². The van der Waals surface area contributed by atoms with Crippen molar-refractivity contribution in [3.63, 3.8) is 0 Å². The molecule has 0 aliphatic heterocycles. The summed E-state index contributed by atoms with van der Waals surface area (Å²) in [6.07, 6.45) is 0. The van der Waals surface area contributed by atoms with Crippen molar-refractivity contribution in [3.05, 3.63) is 57.6 Å². The van der Waals surface area contributed by atoms with Crippen LogP contribution < -0.4 is 21.5 Å². The molecule has 0 aliphatic rings. The summed E-state index contributed by atoms with van der Waals surface area (Å²) < 4.78 is 5.64. The van der Waals surface area contributed by atoms with Crippen molar-refractivity contribution < 1.29 is 14.3 Å². The highest BCUT2D eigenvalue weighted by atomic mass is 35.5. The Morgan fingerprint density at radius 2 is 1.85 bits per heavy atom. The molecule has 0 spiro atoms. The number of carbonyl (C=O) groups is 2. The first-order chi connectivity index (χ1) is 12.3. The fourth-order valence-electron chi connectivity index (χ4n) is 2.18. The SMILES string of the molecule is C[C@H](NC(=O)c1ccc(COc2c(N)cc(Cl)cc2Cl)cc1)C(=O)CN. The number of rotatable bonds is 7. The number of hydrogen-bond acceptors (Lipinski definition) is 5. The summed E-state index contributed by atoms with van der Waals surface area (Å²) in [7, 11) is 0. The second-order valence-electron chi connectivity index (χ2n) is 5.66. The van der Waals surface area contributed by atoms with Gasteiger partial charge in [-0.05, 0) is 36.8 Å². The van der Waals surface area contributed by atoms with Crippen molar-refractivity contribution in [2.45, 2.75) is 19.6 Å². The van der Waals surface area contributed by atoms with Crippen LogP contribution in [0.3, 0.4) is 0 Å². The molecule has 138 valence electrons. The molecule has 0 heterocycles. The normalized spacial score (nSPS) is 11.7. The van der Waals surface area contributed by atoms with Gasteiger partial charge in [0.15, 0.2) is 11.5 Å². The Balaban J connectivity index is 2.00. The van der Waals surface area contributed by atoms with E-state index in [1.807, 2.05) is 0 Å². The molecule has 5 N–H and O–H groups in total. The summed E-state index contributed by atoms with van der Waals surface area (Å²) in [6.45, 7) is 1.69. The van der Waals surface area contributed by atoms with E-state index in [9.17, 15) is 9.59 Å². The van der Waals surface area contributed by atoms with E-state index in [1.54, 1.807) is 43.3 Å². The Hall–Kier alpha value is -2.28. The second kappa shape index (κ2) is 8.89. The van der Waals surface area contributed by atoms with Gasteiger partial charge < -0.3 is 21.5 Å². The molecule has 0 radical (unpaired) electrons. The van der Waals surface area contributed by atoms with Crippen LogP contribution in [0.1, 0.15) is 22.8 Å². The molecule has 0 fully saturated rings. The van der Waals surface area contributed by atoms with Gasteiger partial charge in [-0.1, -0.05) is 35.3 Å². The highest BCUT2D eigenvalue weighted by molar-refractivity contribution is 6.36. The lowest BCUT2D eigenvalue weighted by Gasteiger charge is -2.13. The number of ketones is 1. The summed E-state index contributed by atoms with van der Waals surface area (Å²) in [5.74, 6) is -0.232. The molecule has 0 aromatic heterocycles. The highest BCUT2D eigenvalue weighted by Gasteiger charge is 2.15. The quantitative estimate of drug-likeness (QED) is 0.624. The smallest absolute Gasteiger partial charge is 0.251 e. The number of ether oxygens (including phenoxy) is 1. The molecule has 6 nitrogen and oxygen atoms in total. The minimum absolute atomic E-state index is 0.117. The van der Waals surface area contributed by atoms with Crippen LogP contribution in [0, 0.1) is 0 Å². The van der Waals surface area contributed by atoms with Gasteiger partial charge in [0.25, 0.3) is 5.91 Å². The molecule has 2 aromatic carbocycles. The van der Waals surface area contributed by atoms with E-state index < -0.39 is 6.04 Å². The standard InChI is InChI=1S/C18H19Cl2N3O3/c1-10(16(24)8-21)23-18(25)12-4-2-11(3-5-12)9-26-17-14(20)6-13(19)7-15(17)22/h2-7,10H,8-9,21-22H2,1H3,(H,23,25)/t10-/m0/s1. The van der Waals surface area contributed by atoms with Gasteiger partial charge in [-0.3, -0.25) is 9.59 Å². The van der Waals surface area contributed by atoms with Crippen LogP contribution >= 0.6 is 23.2 Å². The predicted octanol–water partition coefficient (Wildman–Crippen LogP) is 2.80. The van der Waals surface area contributed by atoms with E-state index in [0.29, 0.717) is 27.0 Å². The molecule has 0 saturated carbocycles. The minimum Gasteiger partial charge on any atom is -0.485 e. The first-order valence-corrected chi connectivity index (χ1v) is 8.57. The third-order valence-corrected chi connectivity index (χ3v) is 4.17. The minimum atomic E-state index is -0.634. The lowest BCUT2D eigenvalue weighted by Crippen LogP contribution is -2.41. The van der Waals surface area contributed by atoms with Crippen LogP contribution in [-0.2, 0) is 11.4 Å². The first kappa shape index (κ1) is 20.0. The van der Waals surface area contributed by atoms with Crippen LogP contribution in [-0.4, -0.2) is 24.3 Å². The summed E-state index contributed by atoms with van der Waals surface area (Å²) in [5, 5.41) is 3.35. The van der Waals surface area contributed by atoms with Gasteiger partial charge in [0, 0.05) is 10.6 Å². The van der Waals surface area contributed by atoms with E-state index >= 15 is 0 Å². The van der Waals surface area contributed by atoms with E-state index in [2.05, 4.69) is 5.32 Å². The highest BCUT2D eigenvalue weighted by Crippen LogP contribution is 2.34. The number of anilines is 1. The molecular formula is C18H19Cl2N3O3. The van der Waals surface area contributed by atoms with E-state index in [-0.39, 0.29) is 24.8 Å². The molecular weight excluding hydrogens is 377 g/mol. The summed E-state index contributed by atoms with van der Waals surface area (Å²) >= 11 is 11.9. The molecule has 2 aromatic rings. The van der Waals surface area contributed by atoms with Gasteiger partial charge in [-0.15, -0.1) is 0 Å². The molecule has 0 bridgehead atoms. The molecule has 26 heavy (non-hydrogen) atoms. The number of halogens is 2. The third kappa shape index (κ3) is 5.11.